The van der Waals surface area contributed by atoms with Crippen molar-refractivity contribution in [1.82, 2.24) is 4.90 Å². The van der Waals surface area contributed by atoms with Crippen LogP contribution in [0.2, 0.25) is 18.1 Å². The number of ketones is 1. The fourth-order valence-corrected chi connectivity index (χ4v) is 6.63. The van der Waals surface area contributed by atoms with E-state index in [2.05, 4.69) is 26.8 Å². The van der Waals surface area contributed by atoms with E-state index in [4.69, 9.17) is 4.43 Å². The number of amides is 1. The minimum atomic E-state index is -1.64. The van der Waals surface area contributed by atoms with Crippen molar-refractivity contribution in [3.8, 4) is 0 Å². The molecule has 1 heterocycles. The molecule has 0 aromatic rings. The average Bonchev–Trinajstić information content (AvgIpc) is 3.13. The summed E-state index contributed by atoms with van der Waals surface area (Å²) >= 11 is 0. The van der Waals surface area contributed by atoms with Gasteiger partial charge >= 0.3 is 0 Å². The van der Waals surface area contributed by atoms with E-state index in [0.717, 1.165) is 50.4 Å². The van der Waals surface area contributed by atoms with Gasteiger partial charge < -0.3 is 9.33 Å². The maximum atomic E-state index is 12.7. The van der Waals surface area contributed by atoms with Crippen molar-refractivity contribution in [2.24, 2.45) is 5.92 Å². The van der Waals surface area contributed by atoms with Crippen molar-refractivity contribution in [3.63, 3.8) is 0 Å². The number of nitrogens with zero attached hydrogens (tertiary/aromatic N) is 1. The molecular weight excluding hydrogens is 342 g/mol. The van der Waals surface area contributed by atoms with Gasteiger partial charge in [0.2, 0.25) is 5.91 Å². The van der Waals surface area contributed by atoms with Gasteiger partial charge in [0.1, 0.15) is 5.78 Å². The van der Waals surface area contributed by atoms with Crippen LogP contribution >= 0.6 is 0 Å². The van der Waals surface area contributed by atoms with E-state index in [0.29, 0.717) is 13.0 Å². The van der Waals surface area contributed by atoms with E-state index in [9.17, 15) is 9.59 Å². The van der Waals surface area contributed by atoms with Crippen molar-refractivity contribution in [2.45, 2.75) is 91.0 Å². The molecule has 0 aromatic carbocycles. The quantitative estimate of drug-likeness (QED) is 0.208. The lowest BCUT2D eigenvalue weighted by Crippen LogP contribution is -2.42. The van der Waals surface area contributed by atoms with Crippen molar-refractivity contribution in [2.75, 3.05) is 13.1 Å². The highest BCUT2D eigenvalue weighted by molar-refractivity contribution is 6.73. The minimum Gasteiger partial charge on any atom is -0.412 e. The topological polar surface area (TPSA) is 46.6 Å². The number of carbonyl (C=O) groups is 2. The molecule has 26 heavy (non-hydrogen) atoms. The summed E-state index contributed by atoms with van der Waals surface area (Å²) in [6.45, 7) is 11.9. The molecule has 1 saturated heterocycles. The van der Waals surface area contributed by atoms with Crippen LogP contribution in [0.5, 0.6) is 0 Å². The maximum Gasteiger partial charge on any atom is 0.232 e. The molecule has 2 atom stereocenters. The van der Waals surface area contributed by atoms with Crippen molar-refractivity contribution in [1.29, 1.82) is 0 Å². The van der Waals surface area contributed by atoms with Gasteiger partial charge in [0.15, 0.2) is 8.32 Å². The summed E-state index contributed by atoms with van der Waals surface area (Å²) in [6, 6.07) is 3.39. The summed E-state index contributed by atoms with van der Waals surface area (Å²) in [7, 11) is -1.64. The Morgan fingerprint density at radius 2 is 1.85 bits per heavy atom. The molecule has 0 aliphatic carbocycles. The van der Waals surface area contributed by atoms with Crippen molar-refractivity contribution in [3.05, 3.63) is 12.2 Å². The molecule has 1 amide bonds. The molecule has 0 spiro atoms. The first kappa shape index (κ1) is 23.1. The average molecular weight is 382 g/mol. The number of Topliss-reactive ketones (excluding diaryl/α,β-unsaturated/α-hetero) is 1. The smallest absolute Gasteiger partial charge is 0.232 e. The molecule has 4 nitrogen and oxygen atoms in total. The van der Waals surface area contributed by atoms with Gasteiger partial charge in [-0.2, -0.15) is 0 Å². The summed E-state index contributed by atoms with van der Waals surface area (Å²) in [6.07, 6.45) is 8.62. The summed E-state index contributed by atoms with van der Waals surface area (Å²) in [5.74, 6) is -0.438. The Bertz CT molecular complexity index is 466. The first-order valence-corrected chi connectivity index (χ1v) is 13.1. The molecular formula is C21H39NO3Si. The van der Waals surface area contributed by atoms with E-state index in [1.165, 1.54) is 0 Å². The van der Waals surface area contributed by atoms with E-state index < -0.39 is 14.2 Å². The highest BCUT2D eigenvalue weighted by Gasteiger charge is 2.37. The van der Waals surface area contributed by atoms with Crippen LogP contribution in [0.1, 0.15) is 66.7 Å². The van der Waals surface area contributed by atoms with Gasteiger partial charge in [0, 0.05) is 19.5 Å². The van der Waals surface area contributed by atoms with E-state index in [1.807, 2.05) is 17.9 Å². The molecule has 0 saturated carbocycles. The van der Waals surface area contributed by atoms with Gasteiger partial charge in [-0.15, -0.1) is 0 Å². The van der Waals surface area contributed by atoms with E-state index in [1.54, 1.807) is 6.92 Å². The van der Waals surface area contributed by atoms with Crippen molar-refractivity contribution < 1.29 is 14.0 Å². The van der Waals surface area contributed by atoms with Gasteiger partial charge in [-0.3, -0.25) is 9.59 Å². The molecule has 0 radical (unpaired) electrons. The van der Waals surface area contributed by atoms with Crippen LogP contribution in [-0.4, -0.2) is 44.1 Å². The Morgan fingerprint density at radius 3 is 2.42 bits per heavy atom. The van der Waals surface area contributed by atoms with Crippen LogP contribution in [-0.2, 0) is 14.0 Å². The molecule has 150 valence electrons. The Morgan fingerprint density at radius 1 is 1.19 bits per heavy atom. The van der Waals surface area contributed by atoms with Crippen LogP contribution in [0.4, 0.5) is 0 Å². The zero-order valence-electron chi connectivity index (χ0n) is 17.6. The second kappa shape index (κ2) is 11.7. The van der Waals surface area contributed by atoms with E-state index >= 15 is 0 Å². The summed E-state index contributed by atoms with van der Waals surface area (Å²) < 4.78 is 6.52. The van der Waals surface area contributed by atoms with Crippen LogP contribution in [0.15, 0.2) is 12.2 Å². The molecule has 1 rings (SSSR count). The third kappa shape index (κ3) is 6.65. The standard InChI is InChI=1S/C21H39NO3Si/c1-6-10-11-12-13-14-20(23)18(5)21(24)22-16-15-19(17-22)25-26(7-2,8-3)9-4/h6,10,18-19H,7-9,11-17H2,1-5H3/b10-6+. The first-order chi connectivity index (χ1) is 12.4. The largest absolute Gasteiger partial charge is 0.412 e. The summed E-state index contributed by atoms with van der Waals surface area (Å²) in [5.41, 5.74) is 0. The second-order valence-corrected chi connectivity index (χ2v) is 12.3. The molecule has 5 heteroatoms. The number of likely N-dealkylation sites (tertiary alicyclic amines) is 1. The fourth-order valence-electron chi connectivity index (χ4n) is 3.73. The molecule has 0 N–H and O–H groups in total. The normalized spacial score (nSPS) is 19.3. The predicted molar refractivity (Wildman–Crippen MR) is 111 cm³/mol. The Hall–Kier alpha value is -0.943. The summed E-state index contributed by atoms with van der Waals surface area (Å²) in [4.78, 5) is 26.9. The zero-order chi connectivity index (χ0) is 19.6. The van der Waals surface area contributed by atoms with Gasteiger partial charge in [-0.1, -0.05) is 32.9 Å². The van der Waals surface area contributed by atoms with Gasteiger partial charge in [0.25, 0.3) is 0 Å². The monoisotopic (exact) mass is 381 g/mol. The number of rotatable bonds is 12. The van der Waals surface area contributed by atoms with Crippen molar-refractivity contribution >= 4 is 20.0 Å². The molecule has 0 bridgehead atoms. The highest BCUT2D eigenvalue weighted by Crippen LogP contribution is 2.27. The first-order valence-electron chi connectivity index (χ1n) is 10.5. The van der Waals surface area contributed by atoms with Gasteiger partial charge in [-0.25, -0.2) is 0 Å². The maximum absolute atomic E-state index is 12.7. The summed E-state index contributed by atoms with van der Waals surface area (Å²) in [5, 5.41) is 0. The SMILES string of the molecule is C/C=C/CCCCC(=O)C(C)C(=O)N1CCC(O[Si](CC)(CC)CC)C1. The molecule has 1 aliphatic rings. The lowest BCUT2D eigenvalue weighted by molar-refractivity contribution is -0.140. The van der Waals surface area contributed by atoms with Crippen LogP contribution < -0.4 is 0 Å². The Kier molecular flexibility index (Phi) is 10.4. The highest BCUT2D eigenvalue weighted by atomic mass is 28.4. The lowest BCUT2D eigenvalue weighted by atomic mass is 9.99. The molecule has 2 unspecified atom stereocenters. The number of allylic oxidation sites excluding steroid dienone is 2. The second-order valence-electron chi connectivity index (χ2n) is 7.56. The van der Waals surface area contributed by atoms with Gasteiger partial charge in [-0.05, 0) is 57.7 Å². The number of unbranched alkanes of at least 4 members (excludes halogenated alkanes) is 2. The Balaban J connectivity index is 2.46. The predicted octanol–water partition coefficient (Wildman–Crippen LogP) is 4.95. The Labute approximate surface area is 161 Å². The third-order valence-electron chi connectivity index (χ3n) is 5.94. The van der Waals surface area contributed by atoms with E-state index in [-0.39, 0.29) is 17.8 Å². The third-order valence-corrected chi connectivity index (χ3v) is 10.6. The molecule has 0 aromatic heterocycles. The van der Waals surface area contributed by atoms with Crippen LogP contribution in [0, 0.1) is 5.92 Å². The van der Waals surface area contributed by atoms with Crippen LogP contribution in [0.3, 0.4) is 0 Å². The number of hydrogen-bond acceptors (Lipinski definition) is 3. The number of hydrogen-bond donors (Lipinski definition) is 0. The molecule has 1 fully saturated rings. The minimum absolute atomic E-state index is 0.00804. The lowest BCUT2D eigenvalue weighted by Gasteiger charge is -2.31. The fraction of sp³-hybridized carbons (Fsp3) is 0.810. The molecule has 1 aliphatic heterocycles. The zero-order valence-corrected chi connectivity index (χ0v) is 18.6. The number of carbonyl (C=O) groups excluding carboxylic acids is 2. The van der Waals surface area contributed by atoms with Crippen LogP contribution in [0.25, 0.3) is 0 Å². The van der Waals surface area contributed by atoms with Gasteiger partial charge in [0.05, 0.1) is 12.0 Å².